The summed E-state index contributed by atoms with van der Waals surface area (Å²) in [6, 6.07) is 2.71. The number of thiophene rings is 1. The zero-order valence-corrected chi connectivity index (χ0v) is 14.8. The second kappa shape index (κ2) is 7.70. The molecule has 114 valence electrons. The number of aliphatic hydroxyl groups excluding tert-OH is 1. The van der Waals surface area contributed by atoms with Crippen LogP contribution in [-0.2, 0) is 10.0 Å². The summed E-state index contributed by atoms with van der Waals surface area (Å²) in [6.07, 6.45) is 1.94. The lowest BCUT2D eigenvalue weighted by atomic mass is 9.94. The van der Waals surface area contributed by atoms with E-state index in [9.17, 15) is 13.5 Å². The first-order valence-corrected chi connectivity index (χ1v) is 9.47. The Morgan fingerprint density at radius 1 is 1.55 bits per heavy atom. The van der Waals surface area contributed by atoms with E-state index in [-0.39, 0.29) is 10.1 Å². The van der Waals surface area contributed by atoms with Crippen molar-refractivity contribution in [3.63, 3.8) is 0 Å². The highest BCUT2D eigenvalue weighted by Crippen LogP contribution is 2.27. The van der Waals surface area contributed by atoms with Crippen LogP contribution in [0.15, 0.2) is 32.8 Å². The van der Waals surface area contributed by atoms with E-state index in [0.29, 0.717) is 6.42 Å². The predicted octanol–water partition coefficient (Wildman–Crippen LogP) is 3.14. The van der Waals surface area contributed by atoms with Gasteiger partial charge in [-0.15, -0.1) is 17.9 Å². The van der Waals surface area contributed by atoms with Gasteiger partial charge in [0.2, 0.25) is 10.0 Å². The molecule has 0 radical (unpaired) electrons. The van der Waals surface area contributed by atoms with E-state index in [1.807, 2.05) is 13.8 Å². The van der Waals surface area contributed by atoms with Gasteiger partial charge in [0.15, 0.2) is 0 Å². The van der Waals surface area contributed by atoms with E-state index < -0.39 is 22.2 Å². The van der Waals surface area contributed by atoms with Gasteiger partial charge in [0.25, 0.3) is 0 Å². The van der Waals surface area contributed by atoms with Gasteiger partial charge in [-0.2, -0.15) is 0 Å². The van der Waals surface area contributed by atoms with E-state index in [4.69, 9.17) is 0 Å². The van der Waals surface area contributed by atoms with Crippen LogP contribution in [0.5, 0.6) is 0 Å². The summed E-state index contributed by atoms with van der Waals surface area (Å²) in [6.45, 7) is 7.47. The maximum atomic E-state index is 12.3. The highest BCUT2D eigenvalue weighted by molar-refractivity contribution is 9.11. The Kier molecular flexibility index (Phi) is 6.87. The molecular formula is C13H20BrNO3S2. The van der Waals surface area contributed by atoms with Crippen LogP contribution in [0.2, 0.25) is 0 Å². The van der Waals surface area contributed by atoms with Crippen LogP contribution in [0.1, 0.15) is 26.7 Å². The lowest BCUT2D eigenvalue weighted by Crippen LogP contribution is -2.46. The maximum absolute atomic E-state index is 12.3. The van der Waals surface area contributed by atoms with Crippen molar-refractivity contribution in [3.05, 3.63) is 28.6 Å². The molecule has 1 heterocycles. The van der Waals surface area contributed by atoms with Gasteiger partial charge in [0, 0.05) is 0 Å². The van der Waals surface area contributed by atoms with Crippen LogP contribution >= 0.6 is 27.3 Å². The zero-order chi connectivity index (χ0) is 15.3. The third-order valence-corrected chi connectivity index (χ3v) is 6.76. The van der Waals surface area contributed by atoms with Crippen LogP contribution in [0, 0.1) is 5.92 Å². The predicted molar refractivity (Wildman–Crippen MR) is 86.4 cm³/mol. The number of rotatable bonds is 8. The monoisotopic (exact) mass is 381 g/mol. The molecule has 0 amide bonds. The summed E-state index contributed by atoms with van der Waals surface area (Å²) in [5.74, 6) is 0.0307. The van der Waals surface area contributed by atoms with E-state index in [0.717, 1.165) is 21.5 Å². The van der Waals surface area contributed by atoms with Crippen molar-refractivity contribution in [3.8, 4) is 0 Å². The Bertz CT molecular complexity index is 542. The van der Waals surface area contributed by atoms with Crippen LogP contribution in [0.25, 0.3) is 0 Å². The Hall–Kier alpha value is -0.210. The zero-order valence-electron chi connectivity index (χ0n) is 11.5. The molecule has 1 aromatic heterocycles. The van der Waals surface area contributed by atoms with Gasteiger partial charge in [0.1, 0.15) is 4.21 Å². The van der Waals surface area contributed by atoms with E-state index in [2.05, 4.69) is 27.2 Å². The molecule has 0 aliphatic heterocycles. The molecule has 0 saturated carbocycles. The van der Waals surface area contributed by atoms with Gasteiger partial charge in [-0.25, -0.2) is 13.1 Å². The first kappa shape index (κ1) is 17.8. The molecule has 7 heteroatoms. The van der Waals surface area contributed by atoms with E-state index in [1.165, 1.54) is 0 Å². The van der Waals surface area contributed by atoms with Crippen molar-refractivity contribution in [2.45, 2.75) is 43.0 Å². The molecule has 20 heavy (non-hydrogen) atoms. The topological polar surface area (TPSA) is 66.4 Å². The molecular weight excluding hydrogens is 362 g/mol. The minimum atomic E-state index is -3.61. The molecule has 0 bridgehead atoms. The normalized spacial score (nSPS) is 16.6. The van der Waals surface area contributed by atoms with Crippen molar-refractivity contribution < 1.29 is 13.5 Å². The van der Waals surface area contributed by atoms with Gasteiger partial charge in [0.05, 0.1) is 15.9 Å². The molecule has 0 saturated heterocycles. The first-order chi connectivity index (χ1) is 9.31. The Morgan fingerprint density at radius 2 is 2.20 bits per heavy atom. The average Bonchev–Trinajstić information content (AvgIpc) is 2.83. The van der Waals surface area contributed by atoms with Gasteiger partial charge in [-0.1, -0.05) is 26.3 Å². The summed E-state index contributed by atoms with van der Waals surface area (Å²) in [4.78, 5) is 0. The molecule has 0 aromatic carbocycles. The third-order valence-electron chi connectivity index (χ3n) is 3.18. The molecule has 2 N–H and O–H groups in total. The lowest BCUT2D eigenvalue weighted by molar-refractivity contribution is 0.114. The van der Waals surface area contributed by atoms with Gasteiger partial charge in [-0.3, -0.25) is 0 Å². The fourth-order valence-electron chi connectivity index (χ4n) is 1.82. The highest BCUT2D eigenvalue weighted by atomic mass is 79.9. The van der Waals surface area contributed by atoms with Crippen LogP contribution in [0.3, 0.4) is 0 Å². The molecule has 1 aromatic rings. The molecule has 0 unspecified atom stereocenters. The number of sulfonamides is 1. The minimum absolute atomic E-state index is 0.0307. The van der Waals surface area contributed by atoms with E-state index >= 15 is 0 Å². The largest absolute Gasteiger partial charge is 0.391 e. The number of hydrogen-bond acceptors (Lipinski definition) is 4. The Balaban J connectivity index is 2.96. The molecule has 4 nitrogen and oxygen atoms in total. The van der Waals surface area contributed by atoms with Crippen molar-refractivity contribution >= 4 is 37.3 Å². The van der Waals surface area contributed by atoms with Crippen molar-refractivity contribution in [1.29, 1.82) is 0 Å². The average molecular weight is 382 g/mol. The van der Waals surface area contributed by atoms with Gasteiger partial charge in [-0.05, 0) is 40.4 Å². The Morgan fingerprint density at radius 3 is 2.65 bits per heavy atom. The second-order valence-corrected chi connectivity index (χ2v) is 9.09. The molecule has 0 aliphatic rings. The third kappa shape index (κ3) is 4.66. The fraction of sp³-hybridized carbons (Fsp3) is 0.538. The van der Waals surface area contributed by atoms with Crippen LogP contribution in [-0.4, -0.2) is 25.7 Å². The smallest absolute Gasteiger partial charge is 0.250 e. The summed E-state index contributed by atoms with van der Waals surface area (Å²) in [5.41, 5.74) is 0. The van der Waals surface area contributed by atoms with Gasteiger partial charge >= 0.3 is 0 Å². The summed E-state index contributed by atoms with van der Waals surface area (Å²) >= 11 is 4.40. The lowest BCUT2D eigenvalue weighted by Gasteiger charge is -2.28. The summed E-state index contributed by atoms with van der Waals surface area (Å²) < 4.78 is 28.3. The highest BCUT2D eigenvalue weighted by Gasteiger charge is 2.29. The molecule has 3 atom stereocenters. The summed E-state index contributed by atoms with van der Waals surface area (Å²) in [5, 5.41) is 10.1. The van der Waals surface area contributed by atoms with Crippen LogP contribution in [0.4, 0.5) is 0 Å². The van der Waals surface area contributed by atoms with Gasteiger partial charge < -0.3 is 5.11 Å². The fourth-order valence-corrected chi connectivity index (χ4v) is 5.23. The molecule has 0 aliphatic carbocycles. The number of nitrogens with one attached hydrogen (secondary N) is 1. The summed E-state index contributed by atoms with van der Waals surface area (Å²) in [7, 11) is -3.61. The minimum Gasteiger partial charge on any atom is -0.391 e. The van der Waals surface area contributed by atoms with Crippen molar-refractivity contribution in [1.82, 2.24) is 4.72 Å². The molecule has 1 rings (SSSR count). The molecule has 0 spiro atoms. The van der Waals surface area contributed by atoms with Crippen LogP contribution < -0.4 is 4.72 Å². The SMILES string of the molecule is C=CC[C@@H](O)[C@@H](NS(=O)(=O)c1ccc(Br)s1)[C@@H](C)CC. The standard InChI is InChI=1S/C13H20BrNO3S2/c1-4-6-10(16)13(9(3)5-2)15-20(17,18)12-8-7-11(14)19-12/h4,7-10,13,15-16H,1,5-6H2,2-3H3/t9-,10+,13-/m0/s1. The number of hydrogen-bond donors (Lipinski definition) is 2. The first-order valence-electron chi connectivity index (χ1n) is 6.38. The number of aliphatic hydroxyl groups is 1. The van der Waals surface area contributed by atoms with E-state index in [1.54, 1.807) is 18.2 Å². The quantitative estimate of drug-likeness (QED) is 0.679. The van der Waals surface area contributed by atoms with Crippen molar-refractivity contribution in [2.24, 2.45) is 5.92 Å². The number of halogens is 1. The molecule has 0 fully saturated rings. The Labute approximate surface area is 133 Å². The second-order valence-electron chi connectivity index (χ2n) is 4.68. The maximum Gasteiger partial charge on any atom is 0.250 e. The van der Waals surface area contributed by atoms with Crippen molar-refractivity contribution in [2.75, 3.05) is 0 Å².